The highest BCUT2D eigenvalue weighted by Gasteiger charge is 2.60. The maximum Gasteiger partial charge on any atom is 0.407 e. The van der Waals surface area contributed by atoms with E-state index in [4.69, 9.17) is 4.74 Å². The van der Waals surface area contributed by atoms with Crippen molar-refractivity contribution in [3.05, 3.63) is 0 Å². The molecule has 6 atom stereocenters. The zero-order chi connectivity index (χ0) is 23.7. The van der Waals surface area contributed by atoms with E-state index in [0.29, 0.717) is 25.2 Å². The Morgan fingerprint density at radius 3 is 2.38 bits per heavy atom. The van der Waals surface area contributed by atoms with Gasteiger partial charge >= 0.3 is 6.09 Å². The van der Waals surface area contributed by atoms with Crippen molar-refractivity contribution in [2.24, 2.45) is 28.6 Å². The van der Waals surface area contributed by atoms with Gasteiger partial charge < -0.3 is 25.2 Å². The third-order valence-corrected chi connectivity index (χ3v) is 8.86. The predicted octanol–water partition coefficient (Wildman–Crippen LogP) is 3.32. The Labute approximate surface area is 193 Å². The molecule has 3 rings (SSSR count). The molecule has 2 aliphatic carbocycles. The first kappa shape index (κ1) is 25.3. The van der Waals surface area contributed by atoms with E-state index in [2.05, 4.69) is 19.2 Å². The number of nitrogens with zero attached hydrogens (tertiary/aromatic N) is 1. The lowest BCUT2D eigenvalue weighted by atomic mass is 9.46. The van der Waals surface area contributed by atoms with Crippen LogP contribution in [0.5, 0.6) is 0 Å². The van der Waals surface area contributed by atoms with Gasteiger partial charge in [0.1, 0.15) is 6.10 Å². The van der Waals surface area contributed by atoms with Crippen LogP contribution in [-0.4, -0.2) is 65.1 Å². The predicted molar refractivity (Wildman–Crippen MR) is 123 cm³/mol. The zero-order valence-corrected chi connectivity index (χ0v) is 20.6. The van der Waals surface area contributed by atoms with Crippen LogP contribution in [0.4, 0.5) is 4.79 Å². The minimum atomic E-state index is -0.608. The summed E-state index contributed by atoms with van der Waals surface area (Å²) in [6, 6.07) is -0.0188. The molecule has 0 aromatic carbocycles. The molecule has 3 fully saturated rings. The molecule has 0 aromatic rings. The Morgan fingerprint density at radius 1 is 1.12 bits per heavy atom. The number of aliphatic hydroxyl groups excluding tert-OH is 2. The van der Waals surface area contributed by atoms with Gasteiger partial charge in [-0.25, -0.2) is 4.79 Å². The van der Waals surface area contributed by atoms with Crippen molar-refractivity contribution in [3.63, 3.8) is 0 Å². The number of ether oxygens (including phenoxy) is 1. The Morgan fingerprint density at radius 2 is 1.78 bits per heavy atom. The Hall–Kier alpha value is -1.34. The monoisotopic (exact) mass is 452 g/mol. The Kier molecular flexibility index (Phi) is 7.81. The zero-order valence-electron chi connectivity index (χ0n) is 20.6. The number of hydrogen-bond acceptors (Lipinski definition) is 5. The SMILES string of the molecule is CC1CCN(C(=O)C[C@@H]2[C@H](O)CCC3[C@](C)(CO)[C@H](OC(=O)NC(C)C)CC[C@]32C)CC1. The molecule has 2 saturated carbocycles. The third kappa shape index (κ3) is 4.93. The number of alkyl carbamates (subject to hydrolysis) is 1. The van der Waals surface area contributed by atoms with Crippen LogP contribution in [0.3, 0.4) is 0 Å². The van der Waals surface area contributed by atoms with Crippen molar-refractivity contribution in [1.82, 2.24) is 10.2 Å². The number of nitrogens with one attached hydrogen (secondary N) is 1. The summed E-state index contributed by atoms with van der Waals surface area (Å²) >= 11 is 0. The van der Waals surface area contributed by atoms with Gasteiger partial charge in [-0.3, -0.25) is 4.79 Å². The van der Waals surface area contributed by atoms with Gasteiger partial charge in [-0.1, -0.05) is 20.8 Å². The van der Waals surface area contributed by atoms with Crippen LogP contribution in [0.25, 0.3) is 0 Å². The number of piperidine rings is 1. The van der Waals surface area contributed by atoms with Gasteiger partial charge in [-0.05, 0) is 75.5 Å². The molecule has 1 saturated heterocycles. The number of fused-ring (bicyclic) bond motifs is 1. The summed E-state index contributed by atoms with van der Waals surface area (Å²) in [6.45, 7) is 11.7. The van der Waals surface area contributed by atoms with Crippen LogP contribution in [0, 0.1) is 28.6 Å². The van der Waals surface area contributed by atoms with Crippen LogP contribution < -0.4 is 5.32 Å². The Balaban J connectivity index is 1.77. The first-order valence-electron chi connectivity index (χ1n) is 12.5. The molecule has 3 aliphatic rings. The number of rotatable bonds is 5. The van der Waals surface area contributed by atoms with E-state index in [1.54, 1.807) is 0 Å². The number of amides is 2. The normalized spacial score (nSPS) is 38.3. The minimum absolute atomic E-state index is 0.0188. The fraction of sp³-hybridized carbons (Fsp3) is 0.920. The average molecular weight is 453 g/mol. The van der Waals surface area contributed by atoms with Crippen molar-refractivity contribution in [2.45, 2.75) is 97.8 Å². The molecule has 1 aliphatic heterocycles. The molecule has 184 valence electrons. The number of carbonyl (C=O) groups is 2. The minimum Gasteiger partial charge on any atom is -0.446 e. The maximum absolute atomic E-state index is 13.2. The topological polar surface area (TPSA) is 99.1 Å². The highest BCUT2D eigenvalue weighted by Crippen LogP contribution is 2.61. The Bertz CT molecular complexity index is 677. The van der Waals surface area contributed by atoms with E-state index in [-0.39, 0.29) is 41.9 Å². The number of carbonyl (C=O) groups excluding carboxylic acids is 2. The van der Waals surface area contributed by atoms with Gasteiger partial charge in [-0.15, -0.1) is 0 Å². The number of hydrogen-bond donors (Lipinski definition) is 3. The molecule has 0 aromatic heterocycles. The summed E-state index contributed by atoms with van der Waals surface area (Å²) in [5.74, 6) is 0.718. The molecule has 7 nitrogen and oxygen atoms in total. The summed E-state index contributed by atoms with van der Waals surface area (Å²) in [7, 11) is 0. The molecular formula is C25H44N2O5. The molecule has 1 unspecified atom stereocenters. The van der Waals surface area contributed by atoms with Crippen LogP contribution >= 0.6 is 0 Å². The van der Waals surface area contributed by atoms with Crippen molar-refractivity contribution in [1.29, 1.82) is 0 Å². The van der Waals surface area contributed by atoms with Crippen molar-refractivity contribution in [2.75, 3.05) is 19.7 Å². The number of likely N-dealkylation sites (tertiary alicyclic amines) is 1. The van der Waals surface area contributed by atoms with E-state index in [1.807, 2.05) is 25.7 Å². The second-order valence-electron chi connectivity index (χ2n) is 11.5. The second-order valence-corrected chi connectivity index (χ2v) is 11.5. The summed E-state index contributed by atoms with van der Waals surface area (Å²) in [5.41, 5.74) is -0.897. The highest BCUT2D eigenvalue weighted by atomic mass is 16.6. The maximum atomic E-state index is 13.2. The van der Waals surface area contributed by atoms with Crippen LogP contribution in [-0.2, 0) is 9.53 Å². The molecule has 0 bridgehead atoms. The van der Waals surface area contributed by atoms with E-state index >= 15 is 0 Å². The first-order chi connectivity index (χ1) is 15.0. The van der Waals surface area contributed by atoms with Gasteiger partial charge in [0.25, 0.3) is 0 Å². The summed E-state index contributed by atoms with van der Waals surface area (Å²) in [6.07, 6.45) is 3.82. The van der Waals surface area contributed by atoms with Crippen LogP contribution in [0.2, 0.25) is 0 Å². The summed E-state index contributed by atoms with van der Waals surface area (Å²) in [4.78, 5) is 27.5. The fourth-order valence-corrected chi connectivity index (χ4v) is 6.75. The number of aliphatic hydroxyl groups is 2. The third-order valence-electron chi connectivity index (χ3n) is 8.86. The van der Waals surface area contributed by atoms with Crippen molar-refractivity contribution < 1.29 is 24.5 Å². The second kappa shape index (κ2) is 9.88. The average Bonchev–Trinajstić information content (AvgIpc) is 2.72. The van der Waals surface area contributed by atoms with Crippen molar-refractivity contribution >= 4 is 12.0 Å². The van der Waals surface area contributed by atoms with Gasteiger partial charge in [0, 0.05) is 31.0 Å². The molecule has 0 radical (unpaired) electrons. The smallest absolute Gasteiger partial charge is 0.407 e. The van der Waals surface area contributed by atoms with E-state index in [1.165, 1.54) is 0 Å². The van der Waals surface area contributed by atoms with Gasteiger partial charge in [0.05, 0.1) is 12.7 Å². The van der Waals surface area contributed by atoms with E-state index in [9.17, 15) is 19.8 Å². The van der Waals surface area contributed by atoms with Gasteiger partial charge in [0.2, 0.25) is 5.91 Å². The lowest BCUT2D eigenvalue weighted by Gasteiger charge is -2.60. The summed E-state index contributed by atoms with van der Waals surface area (Å²) in [5, 5.41) is 24.3. The molecule has 3 N–H and O–H groups in total. The summed E-state index contributed by atoms with van der Waals surface area (Å²) < 4.78 is 5.80. The molecule has 7 heteroatoms. The molecule has 1 heterocycles. The molecule has 0 spiro atoms. The van der Waals surface area contributed by atoms with Crippen molar-refractivity contribution in [3.8, 4) is 0 Å². The van der Waals surface area contributed by atoms with Crippen LogP contribution in [0.1, 0.15) is 79.6 Å². The lowest BCUT2D eigenvalue weighted by Crippen LogP contribution is -2.61. The molecule has 2 amide bonds. The van der Waals surface area contributed by atoms with Gasteiger partial charge in [-0.2, -0.15) is 0 Å². The fourth-order valence-electron chi connectivity index (χ4n) is 6.75. The van der Waals surface area contributed by atoms with Crippen LogP contribution in [0.15, 0.2) is 0 Å². The first-order valence-corrected chi connectivity index (χ1v) is 12.5. The molecular weight excluding hydrogens is 408 g/mol. The highest BCUT2D eigenvalue weighted by molar-refractivity contribution is 5.76. The van der Waals surface area contributed by atoms with E-state index in [0.717, 1.165) is 38.8 Å². The lowest BCUT2D eigenvalue weighted by molar-refractivity contribution is -0.187. The largest absolute Gasteiger partial charge is 0.446 e. The standard InChI is InChI=1S/C25H44N2O5/c1-16(2)26-23(31)32-21-8-11-24(4)18(14-22(30)27-12-9-17(3)10-13-27)19(29)6-7-20(24)25(21,5)15-28/h16-21,28-29H,6-15H2,1-5H3,(H,26,31)/t18-,19-,20?,21-,24+,25+/m1/s1. The van der Waals surface area contributed by atoms with E-state index < -0.39 is 17.6 Å². The van der Waals surface area contributed by atoms with Gasteiger partial charge in [0.15, 0.2) is 0 Å². The quantitative estimate of drug-likeness (QED) is 0.594. The molecule has 32 heavy (non-hydrogen) atoms.